The van der Waals surface area contributed by atoms with Gasteiger partial charge in [0.15, 0.2) is 6.10 Å². The molecule has 5 amide bonds. The number of amides is 5. The van der Waals surface area contributed by atoms with Gasteiger partial charge in [-0.3, -0.25) is 28.5 Å². The number of rotatable bonds is 25. The minimum absolute atomic E-state index is 0.0105. The molecule has 0 spiro atoms. The predicted molar refractivity (Wildman–Crippen MR) is 218 cm³/mol. The van der Waals surface area contributed by atoms with Gasteiger partial charge in [-0.15, -0.1) is 0 Å². The van der Waals surface area contributed by atoms with Crippen LogP contribution in [0.15, 0.2) is 18.2 Å². The van der Waals surface area contributed by atoms with Crippen LogP contribution in [-0.2, 0) is 64.4 Å². The number of hydrogen-bond acceptors (Lipinski definition) is 14. The fraction of sp³-hybridized carbons (Fsp3) is 0.684. The van der Waals surface area contributed by atoms with E-state index in [9.17, 15) is 47.4 Å². The maximum absolute atomic E-state index is 12.9. The number of carbonyl (C=O) groups is 6. The van der Waals surface area contributed by atoms with Crippen LogP contribution in [0, 0.1) is 11.8 Å². The van der Waals surface area contributed by atoms with Gasteiger partial charge in [-0.05, 0) is 29.5 Å². The van der Waals surface area contributed by atoms with Crippen LogP contribution >= 0.6 is 0 Å². The lowest BCUT2D eigenvalue weighted by molar-refractivity contribution is -0.195. The van der Waals surface area contributed by atoms with E-state index in [1.807, 2.05) is 0 Å². The SMILES string of the molecule is CCCC(C)C.COCc1ccc(NC(=O)CNC(=O)C(NC(=O)CCOCCOCCNC(=O)CNC=O)C(C)C)c(OC2CC(O)CC(C(=O)O)O2)c1.CS(=O)(=O)O. The lowest BCUT2D eigenvalue weighted by Crippen LogP contribution is -2.51. The van der Waals surface area contributed by atoms with Gasteiger partial charge < -0.3 is 60.5 Å². The molecule has 1 aromatic rings. The largest absolute Gasteiger partial charge is 0.479 e. The van der Waals surface area contributed by atoms with Crippen LogP contribution in [0.25, 0.3) is 0 Å². The standard InChI is InChI=1S/C31H47N5O13.C6H14.CH4O3S/c1-19(2)29(36-25(39)6-8-46-10-11-47-9-7-33-26(40)15-32-18-37)30(42)34-16-27(41)35-22-5-4-20(17-45-3)12-23(22)48-28-14-21(38)13-24(49-28)31(43)44;1-4-5-6(2)3;1-5(2,3)4/h4-5,12,18-19,21,24,28-29,38H,6-11,13-17H2,1-3H3,(H,32,37)(H,33,40)(H,34,42)(H,35,41)(H,36,39)(H,43,44);6H,4-5H2,1-3H3;1H3,(H,2,3,4). The molecule has 0 radical (unpaired) electrons. The first-order valence-electron chi connectivity index (χ1n) is 19.4. The van der Waals surface area contributed by atoms with E-state index in [0.29, 0.717) is 18.2 Å². The highest BCUT2D eigenvalue weighted by Crippen LogP contribution is 2.30. The zero-order valence-corrected chi connectivity index (χ0v) is 36.3. The number of anilines is 1. The van der Waals surface area contributed by atoms with Crippen molar-refractivity contribution in [1.82, 2.24) is 21.3 Å². The highest BCUT2D eigenvalue weighted by Gasteiger charge is 2.34. The first kappa shape index (κ1) is 55.5. The summed E-state index contributed by atoms with van der Waals surface area (Å²) in [6.45, 7) is 10.9. The number of carbonyl (C=O) groups excluding carboxylic acids is 5. The molecule has 1 fully saturated rings. The molecule has 4 unspecified atom stereocenters. The Morgan fingerprint density at radius 3 is 2.15 bits per heavy atom. The van der Waals surface area contributed by atoms with E-state index in [-0.39, 0.29) is 88.6 Å². The summed E-state index contributed by atoms with van der Waals surface area (Å²) >= 11 is 0. The molecular weight excluding hydrogens is 815 g/mol. The third kappa shape index (κ3) is 28.9. The second-order valence-corrected chi connectivity index (χ2v) is 15.7. The van der Waals surface area contributed by atoms with Crippen LogP contribution in [-0.4, -0.2) is 143 Å². The number of hydrogen-bond donors (Lipinski definition) is 8. The first-order chi connectivity index (χ1) is 28.2. The maximum Gasteiger partial charge on any atom is 0.333 e. The van der Waals surface area contributed by atoms with E-state index in [0.717, 1.165) is 5.92 Å². The van der Waals surface area contributed by atoms with Crippen LogP contribution in [0.2, 0.25) is 0 Å². The Hall–Kier alpha value is -4.45. The number of ether oxygens (including phenoxy) is 5. The topological polar surface area (TPSA) is 304 Å². The van der Waals surface area contributed by atoms with E-state index in [2.05, 4.69) is 47.4 Å². The van der Waals surface area contributed by atoms with Crippen molar-refractivity contribution in [3.8, 4) is 5.75 Å². The van der Waals surface area contributed by atoms with Gasteiger partial charge in [0, 0.05) is 32.9 Å². The molecule has 344 valence electrons. The monoisotopic (exact) mass is 879 g/mol. The van der Waals surface area contributed by atoms with Gasteiger partial charge in [0.1, 0.15) is 11.8 Å². The lowest BCUT2D eigenvalue weighted by Gasteiger charge is -2.31. The van der Waals surface area contributed by atoms with Gasteiger partial charge in [-0.25, -0.2) is 4.79 Å². The number of aliphatic hydroxyl groups excluding tert-OH is 1. The summed E-state index contributed by atoms with van der Waals surface area (Å²) in [5.74, 6) is -2.44. The second kappa shape index (κ2) is 31.4. The Kier molecular flexibility index (Phi) is 29.1. The molecule has 0 aliphatic carbocycles. The van der Waals surface area contributed by atoms with Gasteiger partial charge in [-0.1, -0.05) is 53.5 Å². The molecule has 1 saturated heterocycles. The molecule has 8 N–H and O–H groups in total. The molecule has 1 aliphatic rings. The summed E-state index contributed by atoms with van der Waals surface area (Å²) in [5.41, 5.74) is 0.900. The fourth-order valence-electron chi connectivity index (χ4n) is 5.04. The zero-order chi connectivity index (χ0) is 45.7. The molecule has 0 saturated carbocycles. The number of carboxylic acid groups (broad SMARTS) is 1. The Bertz CT molecular complexity index is 1560. The molecular formula is C38H65N5O16S. The molecule has 1 heterocycles. The van der Waals surface area contributed by atoms with Crippen molar-refractivity contribution in [3.05, 3.63) is 23.8 Å². The number of nitrogens with one attached hydrogen (secondary N) is 5. The number of benzene rings is 1. The Labute approximate surface area is 352 Å². The highest BCUT2D eigenvalue weighted by molar-refractivity contribution is 7.85. The van der Waals surface area contributed by atoms with Crippen molar-refractivity contribution in [3.63, 3.8) is 0 Å². The van der Waals surface area contributed by atoms with Crippen molar-refractivity contribution in [2.45, 2.75) is 97.9 Å². The third-order valence-electron chi connectivity index (χ3n) is 7.75. The summed E-state index contributed by atoms with van der Waals surface area (Å²) in [4.78, 5) is 71.1. The van der Waals surface area contributed by atoms with Crippen molar-refractivity contribution in [1.29, 1.82) is 0 Å². The highest BCUT2D eigenvalue weighted by atomic mass is 32.2. The van der Waals surface area contributed by atoms with Gasteiger partial charge in [0.2, 0.25) is 36.3 Å². The summed E-state index contributed by atoms with van der Waals surface area (Å²) in [5, 5.41) is 32.0. The Balaban J connectivity index is 0.00000278. The molecule has 22 heteroatoms. The van der Waals surface area contributed by atoms with Gasteiger partial charge >= 0.3 is 5.97 Å². The Morgan fingerprint density at radius 2 is 1.60 bits per heavy atom. The minimum atomic E-state index is -3.67. The number of carboxylic acids is 1. The van der Waals surface area contributed by atoms with Gasteiger partial charge in [-0.2, -0.15) is 8.42 Å². The van der Waals surface area contributed by atoms with Crippen LogP contribution in [0.3, 0.4) is 0 Å². The number of aliphatic hydroxyl groups is 1. The van der Waals surface area contributed by atoms with E-state index in [1.54, 1.807) is 32.0 Å². The second-order valence-electron chi connectivity index (χ2n) is 14.2. The van der Waals surface area contributed by atoms with Crippen molar-refractivity contribution in [2.75, 3.05) is 64.7 Å². The molecule has 60 heavy (non-hydrogen) atoms. The van der Waals surface area contributed by atoms with E-state index < -0.39 is 64.9 Å². The zero-order valence-electron chi connectivity index (χ0n) is 35.5. The van der Waals surface area contributed by atoms with Crippen molar-refractivity contribution >= 4 is 51.8 Å². The first-order valence-corrected chi connectivity index (χ1v) is 21.3. The van der Waals surface area contributed by atoms with Crippen molar-refractivity contribution < 1.29 is 75.6 Å². The van der Waals surface area contributed by atoms with Gasteiger partial charge in [0.05, 0.1) is 64.2 Å². The molecule has 0 aromatic heterocycles. The van der Waals surface area contributed by atoms with E-state index in [1.165, 1.54) is 20.0 Å². The average molecular weight is 880 g/mol. The maximum atomic E-state index is 12.9. The van der Waals surface area contributed by atoms with Gasteiger partial charge in [0.25, 0.3) is 10.1 Å². The molecule has 21 nitrogen and oxygen atoms in total. The Morgan fingerprint density at radius 1 is 0.950 bits per heavy atom. The van der Waals surface area contributed by atoms with Crippen LogP contribution in [0.1, 0.15) is 72.3 Å². The summed E-state index contributed by atoms with van der Waals surface area (Å²) < 4.78 is 53.0. The van der Waals surface area contributed by atoms with Crippen LogP contribution in [0.5, 0.6) is 5.75 Å². The van der Waals surface area contributed by atoms with E-state index >= 15 is 0 Å². The molecule has 2 rings (SSSR count). The minimum Gasteiger partial charge on any atom is -0.479 e. The fourth-order valence-corrected chi connectivity index (χ4v) is 5.04. The quantitative estimate of drug-likeness (QED) is 0.0379. The predicted octanol–water partition coefficient (Wildman–Crippen LogP) is 0.590. The average Bonchev–Trinajstić information content (AvgIpc) is 3.14. The van der Waals surface area contributed by atoms with Crippen LogP contribution in [0.4, 0.5) is 5.69 Å². The summed E-state index contributed by atoms with van der Waals surface area (Å²) in [7, 11) is -2.16. The summed E-state index contributed by atoms with van der Waals surface area (Å²) in [6.07, 6.45) is 0.431. The number of methoxy groups -OCH3 is 1. The lowest BCUT2D eigenvalue weighted by atomic mass is 10.0. The molecule has 4 atom stereocenters. The third-order valence-corrected chi connectivity index (χ3v) is 7.75. The van der Waals surface area contributed by atoms with Crippen molar-refractivity contribution in [2.24, 2.45) is 11.8 Å². The number of aliphatic carboxylic acids is 1. The normalized spacial score (nSPS) is 16.5. The van der Waals surface area contributed by atoms with E-state index in [4.69, 9.17) is 28.2 Å². The smallest absolute Gasteiger partial charge is 0.333 e. The molecule has 1 aromatic carbocycles. The molecule has 0 bridgehead atoms. The van der Waals surface area contributed by atoms with Crippen LogP contribution < -0.4 is 31.3 Å². The summed E-state index contributed by atoms with van der Waals surface area (Å²) in [6, 6.07) is 3.89. The molecule has 1 aliphatic heterocycles.